The van der Waals surface area contributed by atoms with Crippen LogP contribution in [-0.4, -0.2) is 29.6 Å². The maximum Gasteiger partial charge on any atom is 0.0595 e. The molecule has 109 valence electrons. The van der Waals surface area contributed by atoms with Crippen LogP contribution in [0.15, 0.2) is 18.2 Å². The third-order valence-corrected chi connectivity index (χ3v) is 5.41. The molecule has 0 saturated carbocycles. The molecule has 1 N–H and O–H groups in total. The van der Waals surface area contributed by atoms with Crippen molar-refractivity contribution in [3.8, 4) is 0 Å². The first-order valence-corrected chi connectivity index (χ1v) is 8.15. The maximum atomic E-state index is 6.12. The lowest BCUT2D eigenvalue weighted by Gasteiger charge is -2.39. The van der Waals surface area contributed by atoms with Gasteiger partial charge in [-0.25, -0.2) is 0 Å². The number of halogens is 2. The highest BCUT2D eigenvalue weighted by atomic mass is 35.5. The summed E-state index contributed by atoms with van der Waals surface area (Å²) in [5.74, 6) is 0. The highest BCUT2D eigenvalue weighted by molar-refractivity contribution is 6.42. The van der Waals surface area contributed by atoms with Crippen LogP contribution in [0.5, 0.6) is 0 Å². The fraction of sp³-hybridized carbons (Fsp3) is 0.562. The van der Waals surface area contributed by atoms with Crippen molar-refractivity contribution in [2.75, 3.05) is 6.54 Å². The molecule has 2 aliphatic rings. The van der Waals surface area contributed by atoms with Crippen LogP contribution in [0.3, 0.4) is 0 Å². The van der Waals surface area contributed by atoms with Gasteiger partial charge in [-0.05, 0) is 56.8 Å². The average Bonchev–Trinajstić information content (AvgIpc) is 2.66. The topological polar surface area (TPSA) is 15.3 Å². The second kappa shape index (κ2) is 6.23. The molecule has 0 aliphatic carbocycles. The lowest BCUT2D eigenvalue weighted by atomic mass is 9.96. The monoisotopic (exact) mass is 311 g/mol. The van der Waals surface area contributed by atoms with Crippen molar-refractivity contribution in [1.82, 2.24) is 10.2 Å². The summed E-state index contributed by atoms with van der Waals surface area (Å²) in [6.07, 6.45) is 5.13. The number of hydrogen-bond acceptors (Lipinski definition) is 2. The van der Waals surface area contributed by atoms with E-state index in [1.54, 1.807) is 0 Å². The van der Waals surface area contributed by atoms with Gasteiger partial charge < -0.3 is 5.32 Å². The van der Waals surface area contributed by atoms with Crippen LogP contribution >= 0.6 is 23.2 Å². The Hall–Kier alpha value is -0.280. The summed E-state index contributed by atoms with van der Waals surface area (Å²) in [7, 11) is 0. The maximum absolute atomic E-state index is 6.12. The molecule has 2 saturated heterocycles. The van der Waals surface area contributed by atoms with E-state index in [1.165, 1.54) is 31.2 Å². The summed E-state index contributed by atoms with van der Waals surface area (Å²) in [6, 6.07) is 8.05. The van der Waals surface area contributed by atoms with Crippen molar-refractivity contribution < 1.29 is 0 Å². The Labute approximate surface area is 131 Å². The van der Waals surface area contributed by atoms with Gasteiger partial charge >= 0.3 is 0 Å². The van der Waals surface area contributed by atoms with Crippen LogP contribution in [0.25, 0.3) is 0 Å². The van der Waals surface area contributed by atoms with Gasteiger partial charge in [0.2, 0.25) is 0 Å². The van der Waals surface area contributed by atoms with Crippen LogP contribution in [0.4, 0.5) is 0 Å². The minimum atomic E-state index is 0.636. The molecule has 2 atom stereocenters. The smallest absolute Gasteiger partial charge is 0.0595 e. The largest absolute Gasteiger partial charge is 0.314 e. The molecule has 2 bridgehead atoms. The quantitative estimate of drug-likeness (QED) is 0.907. The van der Waals surface area contributed by atoms with Crippen molar-refractivity contribution >= 4 is 23.2 Å². The van der Waals surface area contributed by atoms with E-state index in [1.807, 2.05) is 12.1 Å². The standard InChI is InChI=1S/C16H21Cl2N2/c1-2-19-12-8-13-4-5-14(9-12)20(13)10-11-3-6-15(17)16(18)7-11/h3,6-7,12-14,19H,1-2,4-5,8-10H2. The normalized spacial score (nSPS) is 29.9. The van der Waals surface area contributed by atoms with E-state index >= 15 is 0 Å². The molecule has 0 amide bonds. The van der Waals surface area contributed by atoms with Gasteiger partial charge in [0.15, 0.2) is 0 Å². The van der Waals surface area contributed by atoms with Gasteiger partial charge in [0.1, 0.15) is 0 Å². The first kappa shape index (κ1) is 14.6. The zero-order valence-electron chi connectivity index (χ0n) is 11.6. The second-order valence-electron chi connectivity index (χ2n) is 5.93. The van der Waals surface area contributed by atoms with Gasteiger partial charge in [-0.1, -0.05) is 29.3 Å². The highest BCUT2D eigenvalue weighted by Crippen LogP contribution is 2.37. The molecule has 4 heteroatoms. The summed E-state index contributed by atoms with van der Waals surface area (Å²) >= 11 is 12.1. The van der Waals surface area contributed by atoms with Crippen molar-refractivity contribution in [2.24, 2.45) is 0 Å². The molecule has 2 nitrogen and oxygen atoms in total. The van der Waals surface area contributed by atoms with Crippen molar-refractivity contribution in [1.29, 1.82) is 0 Å². The van der Waals surface area contributed by atoms with Crippen LogP contribution in [0, 0.1) is 6.92 Å². The molecule has 2 unspecified atom stereocenters. The van der Waals surface area contributed by atoms with Crippen molar-refractivity contribution in [2.45, 2.75) is 50.4 Å². The molecular weight excluding hydrogens is 291 g/mol. The number of hydrogen-bond donors (Lipinski definition) is 1. The zero-order valence-corrected chi connectivity index (χ0v) is 13.1. The highest BCUT2D eigenvalue weighted by Gasteiger charge is 2.40. The van der Waals surface area contributed by atoms with Gasteiger partial charge in [0.05, 0.1) is 10.0 Å². The minimum absolute atomic E-state index is 0.636. The van der Waals surface area contributed by atoms with E-state index in [-0.39, 0.29) is 0 Å². The third kappa shape index (κ3) is 2.99. The number of fused-ring (bicyclic) bond motifs is 2. The second-order valence-corrected chi connectivity index (χ2v) is 6.74. The lowest BCUT2D eigenvalue weighted by Crippen LogP contribution is -2.48. The summed E-state index contributed by atoms with van der Waals surface area (Å²) in [4.78, 5) is 2.65. The average molecular weight is 312 g/mol. The Kier molecular flexibility index (Phi) is 4.56. The third-order valence-electron chi connectivity index (χ3n) is 4.67. The molecule has 0 aromatic heterocycles. The Morgan fingerprint density at radius 3 is 2.45 bits per heavy atom. The van der Waals surface area contributed by atoms with Gasteiger partial charge in [0, 0.05) is 24.7 Å². The van der Waals surface area contributed by atoms with Crippen molar-refractivity contribution in [3.05, 3.63) is 40.7 Å². The molecule has 2 aliphatic heterocycles. The molecule has 20 heavy (non-hydrogen) atoms. The lowest BCUT2D eigenvalue weighted by molar-refractivity contribution is 0.110. The SMILES string of the molecule is [CH2]CNC1CC2CCC(C1)N2Cc1ccc(Cl)c(Cl)c1. The van der Waals surface area contributed by atoms with Crippen LogP contribution in [0.2, 0.25) is 10.0 Å². The number of benzene rings is 1. The fourth-order valence-corrected chi connectivity index (χ4v) is 4.07. The van der Waals surface area contributed by atoms with E-state index < -0.39 is 0 Å². The summed E-state index contributed by atoms with van der Waals surface area (Å²) < 4.78 is 0. The summed E-state index contributed by atoms with van der Waals surface area (Å²) in [5.41, 5.74) is 1.26. The minimum Gasteiger partial charge on any atom is -0.314 e. The van der Waals surface area contributed by atoms with Gasteiger partial charge in [-0.3, -0.25) is 4.90 Å². The van der Waals surface area contributed by atoms with E-state index in [0.717, 1.165) is 13.1 Å². The van der Waals surface area contributed by atoms with Gasteiger partial charge in [-0.15, -0.1) is 0 Å². The van der Waals surface area contributed by atoms with Gasteiger partial charge in [-0.2, -0.15) is 0 Å². The van der Waals surface area contributed by atoms with Crippen LogP contribution < -0.4 is 5.32 Å². The Bertz CT molecular complexity index is 464. The predicted molar refractivity (Wildman–Crippen MR) is 85.2 cm³/mol. The van der Waals surface area contributed by atoms with Crippen molar-refractivity contribution in [3.63, 3.8) is 0 Å². The predicted octanol–water partition coefficient (Wildman–Crippen LogP) is 3.91. The number of nitrogens with zero attached hydrogens (tertiary/aromatic N) is 1. The fourth-order valence-electron chi connectivity index (χ4n) is 3.75. The molecule has 3 rings (SSSR count). The number of piperidine rings is 1. The molecule has 2 fully saturated rings. The summed E-state index contributed by atoms with van der Waals surface area (Å²) in [6.45, 7) is 5.72. The summed E-state index contributed by atoms with van der Waals surface area (Å²) in [5, 5.41) is 4.80. The molecule has 1 radical (unpaired) electrons. The van der Waals surface area contributed by atoms with Gasteiger partial charge in [0.25, 0.3) is 0 Å². The van der Waals surface area contributed by atoms with E-state index in [0.29, 0.717) is 28.2 Å². The zero-order chi connectivity index (χ0) is 14.1. The molecule has 1 aromatic carbocycles. The Morgan fingerprint density at radius 1 is 1.15 bits per heavy atom. The first-order chi connectivity index (χ1) is 9.67. The van der Waals surface area contributed by atoms with E-state index in [9.17, 15) is 0 Å². The molecular formula is C16H21Cl2N2. The van der Waals surface area contributed by atoms with E-state index in [4.69, 9.17) is 23.2 Å². The first-order valence-electron chi connectivity index (χ1n) is 7.39. The molecule has 2 heterocycles. The number of nitrogens with one attached hydrogen (secondary N) is 1. The van der Waals surface area contributed by atoms with Crippen LogP contribution in [0.1, 0.15) is 31.2 Å². The Morgan fingerprint density at radius 2 is 1.85 bits per heavy atom. The van der Waals surface area contributed by atoms with Crippen LogP contribution in [-0.2, 0) is 6.54 Å². The number of rotatable bonds is 4. The molecule has 0 spiro atoms. The molecule has 1 aromatic rings. The Balaban J connectivity index is 1.68. The van der Waals surface area contributed by atoms with E-state index in [2.05, 4.69) is 23.2 Å².